The Kier molecular flexibility index (Phi) is 11.2. The third-order valence-corrected chi connectivity index (χ3v) is 8.65. The predicted molar refractivity (Wildman–Crippen MR) is 169 cm³/mol. The molecule has 0 aliphatic heterocycles. The van der Waals surface area contributed by atoms with E-state index in [1.54, 1.807) is 0 Å². The van der Waals surface area contributed by atoms with Crippen LogP contribution in [0.15, 0.2) is 91.0 Å². The lowest BCUT2D eigenvalue weighted by Gasteiger charge is -2.40. The highest BCUT2D eigenvalue weighted by Crippen LogP contribution is 2.31. The summed E-state index contributed by atoms with van der Waals surface area (Å²) < 4.78 is 212. The van der Waals surface area contributed by atoms with Crippen LogP contribution in [-0.4, -0.2) is 6.15 Å². The molecule has 0 radical (unpaired) electrons. The molecule has 0 fully saturated rings. The van der Waals surface area contributed by atoms with Crippen LogP contribution >= 0.6 is 0 Å². The maximum Gasteiger partial charge on any atom is 0.200 e. The fourth-order valence-electron chi connectivity index (χ4n) is 6.13. The normalized spacial score (nSPS) is 11.3. The predicted octanol–water partition coefficient (Wildman–Crippen LogP) is 9.58. The molecule has 0 heterocycles. The third kappa shape index (κ3) is 6.53. The topological polar surface area (TPSA) is 0 Å². The molecule has 0 unspecified atom stereocenters. The number of rotatable bonds is 6. The number of hydrogen-bond donors (Lipinski definition) is 0. The van der Waals surface area contributed by atoms with Gasteiger partial charge in [0, 0.05) is 0 Å². The van der Waals surface area contributed by atoms with Crippen LogP contribution in [0.5, 0.6) is 0 Å². The van der Waals surface area contributed by atoms with Gasteiger partial charge in [0.05, 0.1) is 22.6 Å². The summed E-state index contributed by atoms with van der Waals surface area (Å²) in [5.74, 6) is -43.8. The summed E-state index contributed by atoms with van der Waals surface area (Å²) in [6.45, 7) is -0.213. The van der Waals surface area contributed by atoms with Crippen LogP contribution in [-0.2, 0) is 0 Å². The quantitative estimate of drug-likeness (QED) is 0.0396. The second kappa shape index (κ2) is 15.3. The van der Waals surface area contributed by atoms with Gasteiger partial charge in [0.25, 0.3) is 0 Å². The van der Waals surface area contributed by atoms with Crippen LogP contribution in [0.2, 0.25) is 6.82 Å². The minimum absolute atomic E-state index is 0.213. The summed E-state index contributed by atoms with van der Waals surface area (Å²) in [4.78, 5) is 0. The van der Waals surface area contributed by atoms with Crippen molar-refractivity contribution in [1.82, 2.24) is 0 Å². The molecular weight excluding hydrogens is 752 g/mol. The first-order valence-corrected chi connectivity index (χ1v) is 15.3. The van der Waals surface area contributed by atoms with Crippen molar-refractivity contribution in [2.24, 2.45) is 0 Å². The van der Waals surface area contributed by atoms with E-state index in [9.17, 15) is 65.9 Å². The lowest BCUT2D eigenvalue weighted by molar-refractivity contribution is 0.379. The average Bonchev–Trinajstić information content (AvgIpc) is 3.18. The van der Waals surface area contributed by atoms with Crippen LogP contribution in [0, 0.1) is 93.2 Å². The highest BCUT2D eigenvalue weighted by molar-refractivity contribution is 7.11. The van der Waals surface area contributed by atoms with Gasteiger partial charge in [0.1, 0.15) is 41.0 Å². The van der Waals surface area contributed by atoms with Crippen molar-refractivity contribution in [2.75, 3.05) is 0 Å². The molecule has 0 spiro atoms. The summed E-state index contributed by atoms with van der Waals surface area (Å²) in [5, 5.41) is 0. The van der Waals surface area contributed by atoms with Gasteiger partial charge in [-0.25, -0.2) is 65.9 Å². The van der Waals surface area contributed by atoms with E-state index in [1.807, 2.05) is 0 Å². The van der Waals surface area contributed by atoms with Crippen molar-refractivity contribution in [3.8, 4) is 0 Å². The average molecular weight is 770 g/mol. The lowest BCUT2D eigenvalue weighted by Crippen LogP contribution is -2.71. The van der Waals surface area contributed by atoms with Gasteiger partial charge in [0.2, 0.25) is 0 Å². The van der Waals surface area contributed by atoms with E-state index in [-0.39, 0.29) is 6.82 Å². The fourth-order valence-corrected chi connectivity index (χ4v) is 6.13. The summed E-state index contributed by atoms with van der Waals surface area (Å²) >= 11 is 0. The van der Waals surface area contributed by atoms with Crippen LogP contribution in [0.4, 0.5) is 65.9 Å². The molecule has 0 amide bonds. The first-order valence-electron chi connectivity index (χ1n) is 15.3. The third-order valence-electron chi connectivity index (χ3n) is 8.65. The second-order valence-corrected chi connectivity index (χ2v) is 11.7. The Balaban J connectivity index is 0.000000246. The maximum absolute atomic E-state index is 14.6. The van der Waals surface area contributed by atoms with Gasteiger partial charge in [-0.05, 0) is 72.8 Å². The van der Waals surface area contributed by atoms with E-state index >= 15 is 0 Å². The number of benzene rings is 6. The SMILES string of the molecule is C[B-](c1c(F)c(F)c(F)c(F)c1F)(c1c(F)c(F)c(F)c(F)c1F)c1c(F)c(F)c(F)c(F)c1F.c1ccc([C+](c2ccccc2)c2ccccc2)cc1. The highest BCUT2D eigenvalue weighted by atomic mass is 19.2. The van der Waals surface area contributed by atoms with Crippen molar-refractivity contribution in [3.63, 3.8) is 0 Å². The van der Waals surface area contributed by atoms with Gasteiger partial charge in [-0.15, -0.1) is 16.4 Å². The molecule has 0 saturated carbocycles. The first-order chi connectivity index (χ1) is 25.5. The molecule has 278 valence electrons. The Morgan fingerprint density at radius 1 is 0.278 bits per heavy atom. The van der Waals surface area contributed by atoms with Gasteiger partial charge in [-0.3, -0.25) is 0 Å². The summed E-state index contributed by atoms with van der Waals surface area (Å²) in [6.07, 6.45) is -5.41. The van der Waals surface area contributed by atoms with E-state index < -0.39 is 110 Å². The molecule has 0 aromatic heterocycles. The van der Waals surface area contributed by atoms with E-state index in [0.717, 1.165) is 0 Å². The Labute approximate surface area is 296 Å². The van der Waals surface area contributed by atoms with E-state index in [2.05, 4.69) is 91.0 Å². The molecule has 0 bridgehead atoms. The fraction of sp³-hybridized carbons (Fsp3) is 0.0263. The van der Waals surface area contributed by atoms with Gasteiger partial charge < -0.3 is 0 Å². The second-order valence-electron chi connectivity index (χ2n) is 11.7. The molecule has 6 rings (SSSR count). The van der Waals surface area contributed by atoms with Crippen LogP contribution < -0.4 is 16.4 Å². The van der Waals surface area contributed by atoms with Gasteiger partial charge in [-0.1, -0.05) is 18.2 Å². The Morgan fingerprint density at radius 3 is 0.630 bits per heavy atom. The molecule has 54 heavy (non-hydrogen) atoms. The van der Waals surface area contributed by atoms with E-state index in [0.29, 0.717) is 0 Å². The van der Waals surface area contributed by atoms with Crippen molar-refractivity contribution < 1.29 is 65.9 Å². The largest absolute Gasteiger partial charge is 0.207 e. The van der Waals surface area contributed by atoms with Gasteiger partial charge in [-0.2, -0.15) is 6.82 Å². The zero-order chi connectivity index (χ0) is 39.8. The molecule has 6 aromatic carbocycles. The molecule has 0 aliphatic rings. The Bertz CT molecular complexity index is 2000. The zero-order valence-electron chi connectivity index (χ0n) is 26.9. The monoisotopic (exact) mass is 770 g/mol. The van der Waals surface area contributed by atoms with E-state index in [4.69, 9.17) is 0 Å². The highest BCUT2D eigenvalue weighted by Gasteiger charge is 2.45. The van der Waals surface area contributed by atoms with Crippen molar-refractivity contribution >= 4 is 22.5 Å². The molecule has 0 saturated heterocycles. The lowest BCUT2D eigenvalue weighted by atomic mass is 9.16. The molecule has 0 aliphatic carbocycles. The van der Waals surface area contributed by atoms with Gasteiger partial charge in [0.15, 0.2) is 52.4 Å². The number of halogens is 15. The molecule has 0 nitrogen and oxygen atoms in total. The Hall–Kier alpha value is -5.80. The molecule has 0 N–H and O–H groups in total. The van der Waals surface area contributed by atoms with Crippen LogP contribution in [0.3, 0.4) is 0 Å². The van der Waals surface area contributed by atoms with Crippen molar-refractivity contribution in [1.29, 1.82) is 0 Å². The molecule has 0 atom stereocenters. The minimum atomic E-state index is -5.41. The zero-order valence-corrected chi connectivity index (χ0v) is 26.9. The first kappa shape index (κ1) is 39.4. The summed E-state index contributed by atoms with van der Waals surface area (Å²) in [7, 11) is 0. The van der Waals surface area contributed by atoms with Crippen LogP contribution in [0.1, 0.15) is 16.7 Å². The van der Waals surface area contributed by atoms with E-state index in [1.165, 1.54) is 22.6 Å². The minimum Gasteiger partial charge on any atom is -0.207 e. The van der Waals surface area contributed by atoms with Crippen LogP contribution in [0.25, 0.3) is 0 Å². The van der Waals surface area contributed by atoms with Gasteiger partial charge >= 0.3 is 0 Å². The summed E-state index contributed by atoms with van der Waals surface area (Å²) in [5.41, 5.74) is -4.15. The molecular formula is C38H18BF15. The standard InChI is InChI=1S/C19H3BF15.C19H15/c1-20(2-5(21)11(27)17(33)12(28)6(2)22,3-7(23)13(29)18(34)14(30)8(3)24)4-9(25)15(31)19(35)16(32)10(4)26;1-4-10-16(11-5-1)19(17-12-6-2-7-13-17)18-14-8-3-9-15-18/h1H3;1-15H/q-1;+1. The smallest absolute Gasteiger partial charge is 0.200 e. The van der Waals surface area contributed by atoms with Crippen molar-refractivity contribution in [2.45, 2.75) is 6.82 Å². The Morgan fingerprint density at radius 2 is 0.444 bits per heavy atom. The molecule has 16 heteroatoms. The molecule has 6 aromatic rings. The van der Waals surface area contributed by atoms with Crippen molar-refractivity contribution in [3.05, 3.63) is 201 Å². The maximum atomic E-state index is 14.6. The summed E-state index contributed by atoms with van der Waals surface area (Å²) in [6, 6.07) is 31.6. The number of hydrogen-bond acceptors (Lipinski definition) is 0.